The van der Waals surface area contributed by atoms with Crippen LogP contribution in [0, 0.1) is 11.3 Å². The van der Waals surface area contributed by atoms with Crippen LogP contribution in [0.25, 0.3) is 22.3 Å². The molecule has 5 amide bonds. The largest absolute Gasteiger partial charge is 0.366 e. The second-order valence-electron chi connectivity index (χ2n) is 23.2. The maximum atomic E-state index is 16.4. The summed E-state index contributed by atoms with van der Waals surface area (Å²) in [5, 5.41) is 6.05. The molecule has 3 unspecified atom stereocenters. The summed E-state index contributed by atoms with van der Waals surface area (Å²) >= 11 is 0. The summed E-state index contributed by atoms with van der Waals surface area (Å²) in [6.07, 6.45) is 13.4. The van der Waals surface area contributed by atoms with Crippen LogP contribution in [0.2, 0.25) is 0 Å². The molecule has 0 radical (unpaired) electrons. The Bertz CT molecular complexity index is 2910. The number of piperidine rings is 4. The minimum Gasteiger partial charge on any atom is -0.366 e. The number of aromatic nitrogens is 4. The number of nitrogens with one attached hydrogen (secondary N) is 2. The van der Waals surface area contributed by atoms with Crippen LogP contribution in [0.4, 0.5) is 26.1 Å². The van der Waals surface area contributed by atoms with E-state index in [1.165, 1.54) is 24.2 Å². The topological polar surface area (TPSA) is 169 Å². The van der Waals surface area contributed by atoms with E-state index in [0.29, 0.717) is 63.1 Å². The summed E-state index contributed by atoms with van der Waals surface area (Å²) in [4.78, 5) is 92.2. The fourth-order valence-corrected chi connectivity index (χ4v) is 14.0. The first kappa shape index (κ1) is 46.7. The van der Waals surface area contributed by atoms with Crippen LogP contribution in [0.5, 0.6) is 0 Å². The molecule has 6 saturated heterocycles. The lowest BCUT2D eigenvalue weighted by Gasteiger charge is -2.49. The maximum absolute atomic E-state index is 16.4. The molecule has 2 N–H and O–H groups in total. The number of carbonyl (C=O) groups excluding carboxylic acids is 5. The Kier molecular flexibility index (Phi) is 11.1. The number of hydrogen-bond donors (Lipinski definition) is 2. The number of halogens is 2. The molecule has 3 saturated carbocycles. The van der Waals surface area contributed by atoms with Crippen molar-refractivity contribution in [3.05, 3.63) is 60.0 Å². The Labute approximate surface area is 423 Å². The number of likely N-dealkylation sites (tertiary alicyclic amines) is 2. The van der Waals surface area contributed by atoms with Gasteiger partial charge in [0.2, 0.25) is 29.5 Å². The first-order valence-electron chi connectivity index (χ1n) is 27.1. The molecule has 1 aromatic carbocycles. The smallest absolute Gasteiger partial charge is 0.284 e. The molecular formula is C55H65F2N11O5. The summed E-state index contributed by atoms with van der Waals surface area (Å²) in [5.74, 6) is -4.23. The second-order valence-corrected chi connectivity index (χ2v) is 23.2. The number of alkyl halides is 2. The third-order valence-corrected chi connectivity index (χ3v) is 18.7. The third-order valence-electron chi connectivity index (χ3n) is 18.7. The van der Waals surface area contributed by atoms with Crippen LogP contribution in [-0.4, -0.2) is 140 Å². The van der Waals surface area contributed by atoms with Crippen molar-refractivity contribution in [1.82, 2.24) is 39.5 Å². The summed E-state index contributed by atoms with van der Waals surface area (Å²) in [6, 6.07) is 11.7. The van der Waals surface area contributed by atoms with Gasteiger partial charge >= 0.3 is 0 Å². The molecule has 3 aromatic heterocycles. The summed E-state index contributed by atoms with van der Waals surface area (Å²) in [7, 11) is 0. The van der Waals surface area contributed by atoms with Gasteiger partial charge in [0.15, 0.2) is 5.82 Å². The molecular weight excluding hydrogens is 933 g/mol. The van der Waals surface area contributed by atoms with Gasteiger partial charge in [0.25, 0.3) is 5.92 Å². The standard InChI is InChI=1S/C55H65F2N11O5/c1-32(2)67-31-59-42-27-41(61-48(47(42)67)60-36-8-9-36)34-6-11-40-43(24-34)68(38-25-37(26-38)63-18-4-3-5-19-63)51(72)53(40)16-22-65(23-17-53)52(73)54-28-44(55(54,56)57)66(30-54)50(71)33-14-20-64(21-15-33)45-12-7-35(29-58-45)39-10-13-46(69)62-49(39)70/h6-7,11-12,24,27,29,31-33,36-39,44H,3-5,8-10,13-23,25-26,28,30H2,1-2H3,(H,60,61)(H,62,69,70)/t37-,38+,39?,44?,54?. The van der Waals surface area contributed by atoms with Gasteiger partial charge < -0.3 is 34.4 Å². The number of amides is 5. The predicted molar refractivity (Wildman–Crippen MR) is 269 cm³/mol. The molecule has 9 fully saturated rings. The minimum absolute atomic E-state index is 0.0329. The molecule has 384 valence electrons. The van der Waals surface area contributed by atoms with Crippen molar-refractivity contribution in [1.29, 1.82) is 0 Å². The van der Waals surface area contributed by atoms with E-state index >= 15 is 13.6 Å². The lowest BCUT2D eigenvalue weighted by molar-refractivity contribution is -0.204. The number of fused-ring (bicyclic) bond motifs is 4. The van der Waals surface area contributed by atoms with E-state index in [2.05, 4.69) is 66.9 Å². The number of anilines is 3. The van der Waals surface area contributed by atoms with Crippen LogP contribution >= 0.6 is 0 Å². The predicted octanol–water partition coefficient (Wildman–Crippen LogP) is 6.55. The van der Waals surface area contributed by atoms with Gasteiger partial charge in [0.05, 0.1) is 34.9 Å². The fraction of sp³-hybridized carbons (Fsp3) is 0.600. The highest BCUT2D eigenvalue weighted by atomic mass is 19.3. The van der Waals surface area contributed by atoms with Crippen molar-refractivity contribution < 1.29 is 32.8 Å². The molecule has 10 aliphatic rings. The van der Waals surface area contributed by atoms with E-state index in [1.54, 1.807) is 11.1 Å². The zero-order valence-electron chi connectivity index (χ0n) is 41.8. The van der Waals surface area contributed by atoms with E-state index < -0.39 is 40.5 Å². The Morgan fingerprint density at radius 3 is 2.32 bits per heavy atom. The number of rotatable bonds is 10. The second kappa shape index (κ2) is 17.3. The Balaban J connectivity index is 0.707. The van der Waals surface area contributed by atoms with Crippen molar-refractivity contribution in [2.24, 2.45) is 11.3 Å². The van der Waals surface area contributed by atoms with Gasteiger partial charge in [0.1, 0.15) is 16.7 Å². The van der Waals surface area contributed by atoms with Crippen LogP contribution in [0.15, 0.2) is 48.9 Å². The van der Waals surface area contributed by atoms with Gasteiger partial charge in [-0.25, -0.2) is 23.7 Å². The zero-order valence-corrected chi connectivity index (χ0v) is 41.8. The molecule has 2 bridgehead atoms. The number of benzene rings is 1. The van der Waals surface area contributed by atoms with Crippen LogP contribution in [0.1, 0.15) is 127 Å². The summed E-state index contributed by atoms with van der Waals surface area (Å²) in [5.41, 5.74) is 3.20. The first-order chi connectivity index (χ1) is 35.2. The van der Waals surface area contributed by atoms with Crippen molar-refractivity contribution in [2.75, 3.05) is 60.9 Å². The van der Waals surface area contributed by atoms with E-state index in [1.807, 2.05) is 24.5 Å². The minimum atomic E-state index is -3.36. The SMILES string of the molecule is CC(C)n1cnc2cc(-c3ccc4c(c3)N([C@H]3C[C@@H](N5CCCCC5)C3)C(=O)C43CCN(C(=O)C45CC(N(C(=O)C6CCN(c7ccc(C8CCC(=O)NC8=O)cn7)CC6)C4)C5(F)F)CC3)nc(NC3CC3)c21. The van der Waals surface area contributed by atoms with Crippen LogP contribution in [-0.2, 0) is 29.4 Å². The number of pyridine rings is 2. The van der Waals surface area contributed by atoms with Gasteiger partial charge in [-0.1, -0.05) is 24.6 Å². The van der Waals surface area contributed by atoms with Gasteiger partial charge in [0, 0.05) is 86.7 Å². The van der Waals surface area contributed by atoms with Crippen molar-refractivity contribution in [3.63, 3.8) is 0 Å². The van der Waals surface area contributed by atoms with Gasteiger partial charge in [-0.3, -0.25) is 29.3 Å². The first-order valence-corrected chi connectivity index (χ1v) is 27.1. The Morgan fingerprint density at radius 2 is 1.63 bits per heavy atom. The van der Waals surface area contributed by atoms with Crippen molar-refractivity contribution in [3.8, 4) is 11.3 Å². The molecule has 18 heteroatoms. The Morgan fingerprint density at radius 1 is 0.863 bits per heavy atom. The zero-order chi connectivity index (χ0) is 50.1. The monoisotopic (exact) mass is 998 g/mol. The number of carbonyl (C=O) groups is 5. The van der Waals surface area contributed by atoms with E-state index in [4.69, 9.17) is 9.97 Å². The highest BCUT2D eigenvalue weighted by molar-refractivity contribution is 6.10. The van der Waals surface area contributed by atoms with Crippen molar-refractivity contribution in [2.45, 2.75) is 151 Å². The molecule has 4 aromatic rings. The normalized spacial score (nSPS) is 28.9. The van der Waals surface area contributed by atoms with Gasteiger partial charge in [-0.05, 0) is 133 Å². The number of nitrogens with zero attached hydrogens (tertiary/aromatic N) is 9. The molecule has 14 rings (SSSR count). The summed E-state index contributed by atoms with van der Waals surface area (Å²) in [6.45, 7) is 7.52. The fourth-order valence-electron chi connectivity index (χ4n) is 14.0. The average molecular weight is 998 g/mol. The maximum Gasteiger partial charge on any atom is 0.284 e. The van der Waals surface area contributed by atoms with Crippen molar-refractivity contribution >= 4 is 57.9 Å². The third kappa shape index (κ3) is 7.40. The lowest BCUT2D eigenvalue weighted by atomic mass is 9.64. The quantitative estimate of drug-likeness (QED) is 0.166. The van der Waals surface area contributed by atoms with Gasteiger partial charge in [-0.15, -0.1) is 0 Å². The number of hydrogen-bond acceptors (Lipinski definition) is 11. The highest BCUT2D eigenvalue weighted by Crippen LogP contribution is 2.64. The van der Waals surface area contributed by atoms with Crippen LogP contribution < -0.4 is 20.4 Å². The average Bonchev–Trinajstić information content (AvgIpc) is 3.75. The molecule has 7 aliphatic heterocycles. The summed E-state index contributed by atoms with van der Waals surface area (Å²) < 4.78 is 35.0. The molecule has 16 nitrogen and oxygen atoms in total. The molecule has 3 aliphatic carbocycles. The molecule has 1 spiro atoms. The van der Waals surface area contributed by atoms with E-state index in [0.717, 1.165) is 83.7 Å². The molecule has 73 heavy (non-hydrogen) atoms. The number of imidazole rings is 1. The molecule has 3 atom stereocenters. The van der Waals surface area contributed by atoms with E-state index in [-0.39, 0.29) is 68.2 Å². The van der Waals surface area contributed by atoms with Gasteiger partial charge in [-0.2, -0.15) is 0 Å². The number of imide groups is 1. The van der Waals surface area contributed by atoms with Crippen LogP contribution in [0.3, 0.4) is 0 Å². The Hall–Kier alpha value is -6.04. The molecule has 10 heterocycles. The van der Waals surface area contributed by atoms with E-state index in [9.17, 15) is 19.2 Å². The lowest BCUT2D eigenvalue weighted by Crippen LogP contribution is -2.66. The highest BCUT2D eigenvalue weighted by Gasteiger charge is 2.81.